The zero-order valence-corrected chi connectivity index (χ0v) is 10.1. The zero-order valence-electron chi connectivity index (χ0n) is 10.1. The van der Waals surface area contributed by atoms with Crippen molar-refractivity contribution in [2.45, 2.75) is 19.1 Å². The van der Waals surface area contributed by atoms with Crippen LogP contribution in [-0.2, 0) is 4.74 Å². The van der Waals surface area contributed by atoms with Crippen LogP contribution in [0.3, 0.4) is 0 Å². The normalized spacial score (nSPS) is 25.5. The number of likely N-dealkylation sites (tertiary alicyclic amines) is 1. The SMILES string of the molecule is CC1CN(C(=O)OCC(F)(F)F)CC1N(C)C. The second kappa shape index (κ2) is 5.12. The maximum absolute atomic E-state index is 11.9. The van der Waals surface area contributed by atoms with E-state index in [2.05, 4.69) is 4.74 Å². The lowest BCUT2D eigenvalue weighted by molar-refractivity contribution is -0.162. The molecule has 0 aromatic rings. The fourth-order valence-corrected chi connectivity index (χ4v) is 2.01. The molecule has 0 spiro atoms. The molecule has 1 rings (SSSR count). The topological polar surface area (TPSA) is 32.8 Å². The molecule has 0 radical (unpaired) electrons. The standard InChI is InChI=1S/C10H17F3N2O2/c1-7-4-15(5-8(7)14(2)3)9(16)17-6-10(11,12)13/h7-8H,4-6H2,1-3H3. The van der Waals surface area contributed by atoms with Gasteiger partial charge in [0.15, 0.2) is 6.61 Å². The van der Waals surface area contributed by atoms with Crippen molar-refractivity contribution in [3.63, 3.8) is 0 Å². The molecule has 0 N–H and O–H groups in total. The number of rotatable bonds is 2. The minimum Gasteiger partial charge on any atom is -0.440 e. The lowest BCUT2D eigenvalue weighted by atomic mass is 10.1. The summed E-state index contributed by atoms with van der Waals surface area (Å²) in [6.45, 7) is 1.27. The molecule has 17 heavy (non-hydrogen) atoms. The van der Waals surface area contributed by atoms with Crippen molar-refractivity contribution >= 4 is 6.09 Å². The number of hydrogen-bond acceptors (Lipinski definition) is 3. The van der Waals surface area contributed by atoms with Crippen molar-refractivity contribution in [2.24, 2.45) is 5.92 Å². The second-order valence-electron chi connectivity index (χ2n) is 4.58. The lowest BCUT2D eigenvalue weighted by Crippen LogP contribution is -2.36. The van der Waals surface area contributed by atoms with Gasteiger partial charge in [-0.3, -0.25) is 0 Å². The molecule has 7 heteroatoms. The fourth-order valence-electron chi connectivity index (χ4n) is 2.01. The third-order valence-corrected chi connectivity index (χ3v) is 2.85. The average Bonchev–Trinajstić information content (AvgIpc) is 2.55. The Labute approximate surface area is 98.3 Å². The minimum absolute atomic E-state index is 0.161. The Hall–Kier alpha value is -0.980. The Balaban J connectivity index is 2.45. The molecule has 1 aliphatic heterocycles. The first-order valence-corrected chi connectivity index (χ1v) is 5.35. The van der Waals surface area contributed by atoms with Gasteiger partial charge in [0, 0.05) is 19.1 Å². The van der Waals surface area contributed by atoms with Crippen LogP contribution in [0.5, 0.6) is 0 Å². The van der Waals surface area contributed by atoms with Gasteiger partial charge in [0.25, 0.3) is 0 Å². The summed E-state index contributed by atoms with van der Waals surface area (Å²) in [7, 11) is 3.76. The fraction of sp³-hybridized carbons (Fsp3) is 0.900. The van der Waals surface area contributed by atoms with Gasteiger partial charge in [-0.2, -0.15) is 13.2 Å². The predicted octanol–water partition coefficient (Wildman–Crippen LogP) is 1.57. The summed E-state index contributed by atoms with van der Waals surface area (Å²) >= 11 is 0. The third kappa shape index (κ3) is 4.07. The molecule has 2 atom stereocenters. The zero-order chi connectivity index (χ0) is 13.2. The van der Waals surface area contributed by atoms with Gasteiger partial charge in [-0.05, 0) is 20.0 Å². The van der Waals surface area contributed by atoms with Gasteiger partial charge in [0.2, 0.25) is 0 Å². The van der Waals surface area contributed by atoms with Gasteiger partial charge in [-0.1, -0.05) is 6.92 Å². The van der Waals surface area contributed by atoms with Crippen molar-refractivity contribution < 1.29 is 22.7 Å². The van der Waals surface area contributed by atoms with E-state index in [1.807, 2.05) is 25.9 Å². The van der Waals surface area contributed by atoms with Gasteiger partial charge >= 0.3 is 12.3 Å². The van der Waals surface area contributed by atoms with E-state index >= 15 is 0 Å². The van der Waals surface area contributed by atoms with Crippen LogP contribution < -0.4 is 0 Å². The Bertz CT molecular complexity index is 281. The number of amides is 1. The predicted molar refractivity (Wildman–Crippen MR) is 55.6 cm³/mol. The van der Waals surface area contributed by atoms with Crippen molar-refractivity contribution in [1.29, 1.82) is 0 Å². The van der Waals surface area contributed by atoms with Gasteiger partial charge in [0.1, 0.15) is 0 Å². The Morgan fingerprint density at radius 3 is 2.41 bits per heavy atom. The number of halogens is 3. The highest BCUT2D eigenvalue weighted by molar-refractivity contribution is 5.68. The minimum atomic E-state index is -4.47. The molecule has 1 saturated heterocycles. The van der Waals surface area contributed by atoms with Gasteiger partial charge < -0.3 is 14.5 Å². The van der Waals surface area contributed by atoms with Crippen molar-refractivity contribution in [3.8, 4) is 0 Å². The van der Waals surface area contributed by atoms with Gasteiger partial charge in [-0.25, -0.2) is 4.79 Å². The Morgan fingerprint density at radius 1 is 1.41 bits per heavy atom. The second-order valence-corrected chi connectivity index (χ2v) is 4.58. The van der Waals surface area contributed by atoms with Crippen LogP contribution in [-0.4, -0.2) is 61.9 Å². The summed E-state index contributed by atoms with van der Waals surface area (Å²) in [5.41, 5.74) is 0. The van der Waals surface area contributed by atoms with E-state index in [0.29, 0.717) is 13.1 Å². The van der Waals surface area contributed by atoms with E-state index in [1.165, 1.54) is 4.90 Å². The Kier molecular flexibility index (Phi) is 4.24. The number of carbonyl (C=O) groups is 1. The van der Waals surface area contributed by atoms with Crippen LogP contribution in [0.25, 0.3) is 0 Å². The number of likely N-dealkylation sites (N-methyl/N-ethyl adjacent to an activating group) is 1. The summed E-state index contributed by atoms with van der Waals surface area (Å²) in [4.78, 5) is 14.7. The summed E-state index contributed by atoms with van der Waals surface area (Å²) in [6, 6.07) is 0.161. The van der Waals surface area contributed by atoms with Crippen molar-refractivity contribution in [1.82, 2.24) is 9.80 Å². The largest absolute Gasteiger partial charge is 0.440 e. The van der Waals surface area contributed by atoms with E-state index in [1.54, 1.807) is 0 Å². The van der Waals surface area contributed by atoms with Crippen LogP contribution in [0.4, 0.5) is 18.0 Å². The monoisotopic (exact) mass is 254 g/mol. The van der Waals surface area contributed by atoms with Crippen LogP contribution in [0.2, 0.25) is 0 Å². The van der Waals surface area contributed by atoms with E-state index in [0.717, 1.165) is 0 Å². The highest BCUT2D eigenvalue weighted by Gasteiger charge is 2.36. The third-order valence-electron chi connectivity index (χ3n) is 2.85. The number of nitrogens with zero attached hydrogens (tertiary/aromatic N) is 2. The van der Waals surface area contributed by atoms with Crippen LogP contribution >= 0.6 is 0 Å². The molecule has 1 fully saturated rings. The smallest absolute Gasteiger partial charge is 0.422 e. The van der Waals surface area contributed by atoms with Gasteiger partial charge in [0.05, 0.1) is 0 Å². The Morgan fingerprint density at radius 2 is 2.00 bits per heavy atom. The van der Waals surface area contributed by atoms with Gasteiger partial charge in [-0.15, -0.1) is 0 Å². The number of ether oxygens (including phenoxy) is 1. The lowest BCUT2D eigenvalue weighted by Gasteiger charge is -2.22. The molecular formula is C10H17F3N2O2. The molecule has 0 saturated carbocycles. The summed E-state index contributed by atoms with van der Waals surface area (Å²) in [5, 5.41) is 0. The average molecular weight is 254 g/mol. The van der Waals surface area contributed by atoms with Crippen molar-refractivity contribution in [3.05, 3.63) is 0 Å². The molecule has 0 aliphatic carbocycles. The van der Waals surface area contributed by atoms with Crippen LogP contribution in [0.1, 0.15) is 6.92 Å². The molecule has 1 heterocycles. The number of carbonyl (C=O) groups excluding carboxylic acids is 1. The molecule has 4 nitrogen and oxygen atoms in total. The highest BCUT2D eigenvalue weighted by atomic mass is 19.4. The maximum atomic E-state index is 11.9. The molecule has 1 amide bonds. The molecule has 0 aromatic heterocycles. The summed E-state index contributed by atoms with van der Waals surface area (Å²) < 4.78 is 39.9. The molecule has 0 aromatic carbocycles. The van der Waals surface area contributed by atoms with E-state index < -0.39 is 18.9 Å². The van der Waals surface area contributed by atoms with Crippen LogP contribution in [0, 0.1) is 5.92 Å². The van der Waals surface area contributed by atoms with Crippen molar-refractivity contribution in [2.75, 3.05) is 33.8 Å². The van der Waals surface area contributed by atoms with E-state index in [9.17, 15) is 18.0 Å². The highest BCUT2D eigenvalue weighted by Crippen LogP contribution is 2.21. The molecule has 100 valence electrons. The first-order valence-electron chi connectivity index (χ1n) is 5.35. The molecular weight excluding hydrogens is 237 g/mol. The van der Waals surface area contributed by atoms with E-state index in [4.69, 9.17) is 0 Å². The van der Waals surface area contributed by atoms with E-state index in [-0.39, 0.29) is 12.0 Å². The molecule has 0 bridgehead atoms. The first kappa shape index (κ1) is 14.1. The molecule has 1 aliphatic rings. The molecule has 2 unspecified atom stereocenters. The maximum Gasteiger partial charge on any atom is 0.422 e. The summed E-state index contributed by atoms with van der Waals surface area (Å²) in [5.74, 6) is 0.225. The van der Waals surface area contributed by atoms with Crippen LogP contribution in [0.15, 0.2) is 0 Å². The summed E-state index contributed by atoms with van der Waals surface area (Å²) in [6.07, 6.45) is -5.36. The number of hydrogen-bond donors (Lipinski definition) is 0. The number of alkyl halides is 3. The first-order chi connectivity index (χ1) is 7.70. The quantitative estimate of drug-likeness (QED) is 0.750.